The van der Waals surface area contributed by atoms with Gasteiger partial charge >= 0.3 is 0 Å². The molecule has 0 saturated carbocycles. The Morgan fingerprint density at radius 1 is 0.267 bits per heavy atom. The third-order valence-electron chi connectivity index (χ3n) is 21.8. The molecule has 90 heavy (non-hydrogen) atoms. The first kappa shape index (κ1) is 60.2. The van der Waals surface area contributed by atoms with E-state index in [-0.39, 0.29) is 10.8 Å². The molecule has 0 unspecified atom stereocenters. The zero-order chi connectivity index (χ0) is 60.7. The summed E-state index contributed by atoms with van der Waals surface area (Å²) in [6.07, 6.45) is 30.1. The third kappa shape index (κ3) is 11.7. The van der Waals surface area contributed by atoms with Crippen molar-refractivity contribution >= 4 is 64.6 Å². The Kier molecular flexibility index (Phi) is 18.5. The smallest absolute Gasteiger partial charge is 0.0722 e. The van der Waals surface area contributed by atoms with Gasteiger partial charge in [0.1, 0.15) is 0 Å². The van der Waals surface area contributed by atoms with Gasteiger partial charge < -0.3 is 9.47 Å². The molecule has 0 bridgehead atoms. The van der Waals surface area contributed by atoms with Gasteiger partial charge in [0.25, 0.3) is 0 Å². The first-order valence-electron chi connectivity index (χ1n) is 35.5. The molecule has 2 aliphatic rings. The minimum atomic E-state index is -0.0503. The molecule has 0 heterocycles. The van der Waals surface area contributed by atoms with Crippen molar-refractivity contribution in [1.82, 2.24) is 0 Å². The normalized spacial score (nSPS) is 13.8. The summed E-state index contributed by atoms with van der Waals surface area (Å²) in [5, 5.41) is 16.0. The van der Waals surface area contributed by atoms with Gasteiger partial charge in [-0.05, 0) is 182 Å². The molecule has 12 aromatic carbocycles. The maximum atomic E-state index is 6.54. The second-order valence-corrected chi connectivity index (χ2v) is 27.4. The molecule has 0 amide bonds. The largest absolute Gasteiger partial charge is 0.377 e. The molecule has 0 saturated heterocycles. The summed E-state index contributed by atoms with van der Waals surface area (Å²) < 4.78 is 13.1. The lowest BCUT2D eigenvalue weighted by Crippen LogP contribution is -2.26. The number of benzene rings is 12. The highest BCUT2D eigenvalue weighted by Crippen LogP contribution is 2.58. The van der Waals surface area contributed by atoms with Gasteiger partial charge in [-0.3, -0.25) is 0 Å². The number of hydrogen-bond acceptors (Lipinski definition) is 2. The predicted molar refractivity (Wildman–Crippen MR) is 386 cm³/mol. The predicted octanol–water partition coefficient (Wildman–Crippen LogP) is 25.5. The monoisotopic (exact) mass is 1180 g/mol. The second-order valence-electron chi connectivity index (χ2n) is 27.4. The minimum absolute atomic E-state index is 0.0503. The number of hydrogen-bond donors (Lipinski definition) is 0. The van der Waals surface area contributed by atoms with E-state index in [1.807, 2.05) is 0 Å². The van der Waals surface area contributed by atoms with Crippen molar-refractivity contribution < 1.29 is 9.47 Å². The Morgan fingerprint density at radius 3 is 1.01 bits per heavy atom. The van der Waals surface area contributed by atoms with Crippen LogP contribution in [0.4, 0.5) is 0 Å². The van der Waals surface area contributed by atoms with Crippen LogP contribution in [-0.4, -0.2) is 13.2 Å². The molecule has 12 aromatic rings. The van der Waals surface area contributed by atoms with Crippen LogP contribution in [0.3, 0.4) is 0 Å². The van der Waals surface area contributed by atoms with Crippen molar-refractivity contribution in [3.8, 4) is 33.4 Å². The highest BCUT2D eigenvalue weighted by molar-refractivity contribution is 6.24. The van der Waals surface area contributed by atoms with E-state index < -0.39 is 0 Å². The summed E-state index contributed by atoms with van der Waals surface area (Å²) in [5.74, 6) is 0. The fourth-order valence-corrected chi connectivity index (χ4v) is 17.2. The number of fused-ring (bicyclic) bond motifs is 6. The Bertz CT molecular complexity index is 4180. The Labute approximate surface area is 537 Å². The first-order valence-corrected chi connectivity index (χ1v) is 35.5. The second kappa shape index (κ2) is 27.6. The van der Waals surface area contributed by atoms with Gasteiger partial charge in [0.05, 0.1) is 13.2 Å². The maximum Gasteiger partial charge on any atom is 0.0722 e. The van der Waals surface area contributed by atoms with E-state index in [2.05, 4.69) is 208 Å². The lowest BCUT2D eigenvalue weighted by Gasteiger charge is -2.34. The van der Waals surface area contributed by atoms with Gasteiger partial charge in [-0.25, -0.2) is 0 Å². The number of unbranched alkanes of at least 4 members (excludes halogenated alkanes) is 16. The molecule has 0 spiro atoms. The summed E-state index contributed by atoms with van der Waals surface area (Å²) in [6, 6.07) is 75.3. The zero-order valence-corrected chi connectivity index (χ0v) is 54.1. The lowest BCUT2D eigenvalue weighted by atomic mass is 9.69. The van der Waals surface area contributed by atoms with Gasteiger partial charge in [0, 0.05) is 24.0 Å². The van der Waals surface area contributed by atoms with Gasteiger partial charge in [-0.1, -0.05) is 311 Å². The highest BCUT2D eigenvalue weighted by Gasteiger charge is 2.44. The molecule has 458 valence electrons. The van der Waals surface area contributed by atoms with Crippen LogP contribution in [0.15, 0.2) is 194 Å². The molecule has 2 nitrogen and oxygen atoms in total. The summed E-state index contributed by atoms with van der Waals surface area (Å²) in [6.45, 7) is 7.55. The highest BCUT2D eigenvalue weighted by atomic mass is 16.5. The molecule has 0 N–H and O–H groups in total. The topological polar surface area (TPSA) is 18.5 Å². The fourth-order valence-electron chi connectivity index (χ4n) is 17.2. The van der Waals surface area contributed by atoms with Gasteiger partial charge in [-0.15, -0.1) is 0 Å². The molecule has 2 heteroatoms. The molecule has 0 fully saturated rings. The van der Waals surface area contributed by atoms with Crippen LogP contribution in [0.1, 0.15) is 201 Å². The first-order chi connectivity index (χ1) is 44.6. The van der Waals surface area contributed by atoms with Crippen LogP contribution in [0.2, 0.25) is 0 Å². The van der Waals surface area contributed by atoms with Crippen molar-refractivity contribution in [3.63, 3.8) is 0 Å². The van der Waals surface area contributed by atoms with Gasteiger partial charge in [0.15, 0.2) is 0 Å². The summed E-state index contributed by atoms with van der Waals surface area (Å²) in [4.78, 5) is 0. The van der Waals surface area contributed by atoms with Crippen LogP contribution in [0.5, 0.6) is 0 Å². The maximum absolute atomic E-state index is 6.54. The van der Waals surface area contributed by atoms with Crippen LogP contribution >= 0.6 is 0 Å². The van der Waals surface area contributed by atoms with Crippen molar-refractivity contribution in [2.45, 2.75) is 192 Å². The van der Waals surface area contributed by atoms with Crippen LogP contribution < -0.4 is 0 Å². The number of ether oxygens (including phenoxy) is 2. The van der Waals surface area contributed by atoms with Crippen LogP contribution in [0, 0.1) is 0 Å². The van der Waals surface area contributed by atoms with Crippen molar-refractivity contribution in [1.29, 1.82) is 0 Å². The molecule has 0 aromatic heterocycles. The van der Waals surface area contributed by atoms with Gasteiger partial charge in [0.2, 0.25) is 0 Å². The third-order valence-corrected chi connectivity index (χ3v) is 21.8. The van der Waals surface area contributed by atoms with E-state index in [9.17, 15) is 0 Å². The molecule has 0 aliphatic heterocycles. The molecule has 0 radical (unpaired) electrons. The van der Waals surface area contributed by atoms with Crippen LogP contribution in [-0.2, 0) is 33.5 Å². The Morgan fingerprint density at radius 2 is 0.600 bits per heavy atom. The van der Waals surface area contributed by atoms with Crippen molar-refractivity contribution in [3.05, 3.63) is 228 Å². The summed E-state index contributed by atoms with van der Waals surface area (Å²) >= 11 is 0. The molecule has 14 rings (SSSR count). The van der Waals surface area contributed by atoms with E-state index in [0.29, 0.717) is 13.2 Å². The summed E-state index contributed by atoms with van der Waals surface area (Å²) in [5.41, 5.74) is 17.5. The average molecular weight is 1180 g/mol. The molecule has 2 aliphatic carbocycles. The molecular weight excluding hydrogens is 1090 g/mol. The average Bonchev–Trinajstić information content (AvgIpc) is 1.40. The standard InChI is InChI=1S/C88H94O2/c1-3-5-7-9-11-21-53-87(54-22-12-10-8-6-4-2)79-35-19-17-33-75(79)77-51-47-69(59-81(77)87)70-48-52-78-76-34-18-20-36-80(76)88(82(78)60-70,55-23-13-15-25-57-89-61-71-43-41-67-39-37-63-29-27-31-65-45-49-73(71)85(67)83(63)65)56-24-14-16-26-58-90-62-72-44-42-68-40-38-64-30-28-32-66-46-50-74(72)86(68)84(64)66/h17-20,27-52,59-60H,3-16,21-26,53-58,61-62H2,1-2H3. The summed E-state index contributed by atoms with van der Waals surface area (Å²) in [7, 11) is 0. The van der Waals surface area contributed by atoms with E-state index in [0.717, 1.165) is 38.9 Å². The van der Waals surface area contributed by atoms with E-state index in [4.69, 9.17) is 9.47 Å². The zero-order valence-electron chi connectivity index (χ0n) is 54.1. The van der Waals surface area contributed by atoms with Crippen molar-refractivity contribution in [2.24, 2.45) is 0 Å². The number of rotatable bonds is 33. The van der Waals surface area contributed by atoms with Gasteiger partial charge in [-0.2, -0.15) is 0 Å². The van der Waals surface area contributed by atoms with E-state index >= 15 is 0 Å². The SMILES string of the molecule is CCCCCCCCC1(CCCCCCCC)c2ccccc2-c2ccc(-c3ccc4c(c3)C(CCCCCCOCc3ccc5ccc6cccc7ccc3c5c67)(CCCCCCOCc3ccc5ccc6cccc7ccc3c5c67)c3ccccc3-4)cc21. The quantitative estimate of drug-likeness (QED) is 0.0301. The Hall–Kier alpha value is -7.36. The molecule has 0 atom stereocenters. The van der Waals surface area contributed by atoms with E-state index in [1.165, 1.54) is 238 Å². The Balaban J connectivity index is 0.697. The van der Waals surface area contributed by atoms with Crippen LogP contribution in [0.25, 0.3) is 98.0 Å². The minimum Gasteiger partial charge on any atom is -0.377 e. The fraction of sp³-hybridized carbons (Fsp3) is 0.364. The van der Waals surface area contributed by atoms with Crippen molar-refractivity contribution in [2.75, 3.05) is 13.2 Å². The lowest BCUT2D eigenvalue weighted by molar-refractivity contribution is 0.117. The van der Waals surface area contributed by atoms with E-state index in [1.54, 1.807) is 22.3 Å². The molecular formula is C88H94O2.